The molecule has 2 unspecified atom stereocenters. The van der Waals surface area contributed by atoms with Gasteiger partial charge in [0.15, 0.2) is 0 Å². The Morgan fingerprint density at radius 3 is 2.54 bits per heavy atom. The Labute approximate surface area is 148 Å². The Kier molecular flexibility index (Phi) is 7.06. The van der Waals surface area contributed by atoms with Gasteiger partial charge in [-0.05, 0) is 30.0 Å². The maximum Gasteiger partial charge on any atom is 0.138 e. The van der Waals surface area contributed by atoms with Crippen molar-refractivity contribution < 1.29 is 9.84 Å². The molecular weight excluding hydrogens is 326 g/mol. The third kappa shape index (κ3) is 4.95. The van der Waals surface area contributed by atoms with Gasteiger partial charge in [0.2, 0.25) is 0 Å². The summed E-state index contributed by atoms with van der Waals surface area (Å²) in [5, 5.41) is 14.9. The fourth-order valence-corrected chi connectivity index (χ4v) is 2.88. The van der Waals surface area contributed by atoms with E-state index < -0.39 is 0 Å². The predicted octanol–water partition coefficient (Wildman–Crippen LogP) is 4.26. The van der Waals surface area contributed by atoms with Crippen molar-refractivity contribution in [3.8, 4) is 5.75 Å². The van der Waals surface area contributed by atoms with E-state index in [1.807, 2.05) is 32.0 Å². The zero-order valence-electron chi connectivity index (χ0n) is 14.5. The zero-order valence-corrected chi connectivity index (χ0v) is 15.3. The third-order valence-corrected chi connectivity index (χ3v) is 4.39. The number of halogens is 1. The number of hydrogen-bond donors (Lipinski definition) is 1. The number of fused-ring (bicyclic) bond motifs is 3. The second-order valence-electron chi connectivity index (χ2n) is 6.37. The average molecular weight is 352 g/mol. The van der Waals surface area contributed by atoms with E-state index in [2.05, 4.69) is 17.0 Å². The van der Waals surface area contributed by atoms with E-state index in [4.69, 9.17) is 16.3 Å². The number of nitrogens with zero attached hydrogens (tertiary/aromatic N) is 3. The first-order valence-corrected chi connectivity index (χ1v) is 8.84. The SMILES string of the molecule is CCCCC(C(O)C(C)C)n1cncn1.Clc1cc2ccc1OC2. The summed E-state index contributed by atoms with van der Waals surface area (Å²) >= 11 is 5.74. The van der Waals surface area contributed by atoms with Gasteiger partial charge in [-0.2, -0.15) is 5.10 Å². The first-order chi connectivity index (χ1) is 11.5. The van der Waals surface area contributed by atoms with Crippen LogP contribution in [-0.4, -0.2) is 26.0 Å². The van der Waals surface area contributed by atoms with Crippen molar-refractivity contribution >= 4 is 11.6 Å². The van der Waals surface area contributed by atoms with Crippen LogP contribution in [0.4, 0.5) is 0 Å². The molecule has 1 aromatic heterocycles. The molecule has 2 atom stereocenters. The van der Waals surface area contributed by atoms with E-state index in [-0.39, 0.29) is 18.1 Å². The van der Waals surface area contributed by atoms with Crippen LogP contribution in [-0.2, 0) is 6.61 Å². The molecular formula is C18H26ClN3O2. The van der Waals surface area contributed by atoms with Crippen molar-refractivity contribution in [2.75, 3.05) is 0 Å². The molecule has 6 heteroatoms. The number of rotatable bonds is 6. The average Bonchev–Trinajstić information content (AvgIpc) is 3.11. The maximum atomic E-state index is 10.1. The Morgan fingerprint density at radius 2 is 2.17 bits per heavy atom. The molecule has 2 bridgehead atoms. The van der Waals surface area contributed by atoms with Crippen molar-refractivity contribution in [3.05, 3.63) is 41.4 Å². The lowest BCUT2D eigenvalue weighted by Gasteiger charge is -2.25. The molecule has 132 valence electrons. The summed E-state index contributed by atoms with van der Waals surface area (Å²) in [6.45, 7) is 6.89. The van der Waals surface area contributed by atoms with Crippen molar-refractivity contribution in [1.82, 2.24) is 14.8 Å². The Morgan fingerprint density at radius 1 is 1.38 bits per heavy atom. The Balaban J connectivity index is 0.000000194. The fourth-order valence-electron chi connectivity index (χ4n) is 2.62. The van der Waals surface area contributed by atoms with E-state index in [1.54, 1.807) is 11.0 Å². The minimum atomic E-state index is -0.349. The number of aliphatic hydroxyl groups is 1. The number of unbranched alkanes of at least 4 members (excludes halogenated alkanes) is 1. The van der Waals surface area contributed by atoms with E-state index in [1.165, 1.54) is 6.33 Å². The molecule has 0 aliphatic carbocycles. The quantitative estimate of drug-likeness (QED) is 0.844. The van der Waals surface area contributed by atoms with Gasteiger partial charge < -0.3 is 9.84 Å². The van der Waals surface area contributed by atoms with Gasteiger partial charge in [0.1, 0.15) is 25.0 Å². The number of hydrogen-bond acceptors (Lipinski definition) is 4. The summed E-state index contributed by atoms with van der Waals surface area (Å²) in [5.41, 5.74) is 1.15. The molecule has 3 heterocycles. The van der Waals surface area contributed by atoms with Crippen LogP contribution in [0.3, 0.4) is 0 Å². The standard InChI is InChI=1S/C11H21N3O.C7H5ClO/c1-4-5-6-10(11(15)9(2)3)14-8-12-7-13-14;8-6-3-5-1-2-7(6)9-4-5/h7-11,15H,4-6H2,1-3H3;1-3H,4H2. The molecule has 0 amide bonds. The largest absolute Gasteiger partial charge is 0.487 e. The van der Waals surface area contributed by atoms with Gasteiger partial charge in [0, 0.05) is 0 Å². The highest BCUT2D eigenvalue weighted by atomic mass is 35.5. The van der Waals surface area contributed by atoms with E-state index in [0.29, 0.717) is 6.61 Å². The summed E-state index contributed by atoms with van der Waals surface area (Å²) in [5.74, 6) is 1.04. The van der Waals surface area contributed by atoms with Crippen LogP contribution in [0, 0.1) is 5.92 Å². The molecule has 1 aromatic carbocycles. The van der Waals surface area contributed by atoms with Crippen molar-refractivity contribution in [3.63, 3.8) is 0 Å². The molecule has 1 N–H and O–H groups in total. The third-order valence-electron chi connectivity index (χ3n) is 4.10. The summed E-state index contributed by atoms with van der Waals surface area (Å²) in [6.07, 6.45) is 6.06. The molecule has 0 saturated heterocycles. The van der Waals surface area contributed by atoms with Crippen molar-refractivity contribution in [2.45, 2.75) is 58.8 Å². The van der Waals surface area contributed by atoms with E-state index in [0.717, 1.165) is 35.6 Å². The number of benzene rings is 1. The zero-order chi connectivity index (χ0) is 17.5. The lowest BCUT2D eigenvalue weighted by Crippen LogP contribution is -2.29. The lowest BCUT2D eigenvalue weighted by atomic mass is 9.96. The molecule has 5 nitrogen and oxygen atoms in total. The molecule has 0 radical (unpaired) electrons. The highest BCUT2D eigenvalue weighted by Gasteiger charge is 2.23. The second kappa shape index (κ2) is 9.04. The van der Waals surface area contributed by atoms with Gasteiger partial charge in [-0.15, -0.1) is 0 Å². The predicted molar refractivity (Wildman–Crippen MR) is 95.2 cm³/mol. The van der Waals surface area contributed by atoms with Crippen LogP contribution >= 0.6 is 11.6 Å². The molecule has 2 aliphatic heterocycles. The second-order valence-corrected chi connectivity index (χ2v) is 6.78. The van der Waals surface area contributed by atoms with Crippen LogP contribution in [0.5, 0.6) is 5.75 Å². The molecule has 24 heavy (non-hydrogen) atoms. The van der Waals surface area contributed by atoms with Crippen LogP contribution in [0.2, 0.25) is 5.02 Å². The number of ether oxygens (including phenoxy) is 1. The van der Waals surface area contributed by atoms with Crippen LogP contribution in [0.15, 0.2) is 30.9 Å². The summed E-state index contributed by atoms with van der Waals surface area (Å²) in [6, 6.07) is 5.90. The van der Waals surface area contributed by atoms with Gasteiger partial charge in [-0.1, -0.05) is 51.3 Å². The first-order valence-electron chi connectivity index (χ1n) is 8.46. The molecule has 2 aromatic rings. The van der Waals surface area contributed by atoms with E-state index in [9.17, 15) is 5.11 Å². The molecule has 0 fully saturated rings. The Bertz CT molecular complexity index is 617. The summed E-state index contributed by atoms with van der Waals surface area (Å²) in [7, 11) is 0. The fraction of sp³-hybridized carbons (Fsp3) is 0.556. The van der Waals surface area contributed by atoms with E-state index >= 15 is 0 Å². The van der Waals surface area contributed by atoms with Gasteiger partial charge in [-0.25, -0.2) is 9.67 Å². The maximum absolute atomic E-state index is 10.1. The van der Waals surface area contributed by atoms with Gasteiger partial charge in [0.25, 0.3) is 0 Å². The van der Waals surface area contributed by atoms with Gasteiger partial charge in [0.05, 0.1) is 17.2 Å². The number of aliphatic hydroxyl groups excluding tert-OH is 1. The molecule has 2 aliphatic rings. The minimum Gasteiger partial charge on any atom is -0.487 e. The highest BCUT2D eigenvalue weighted by Crippen LogP contribution is 2.30. The monoisotopic (exact) mass is 351 g/mol. The van der Waals surface area contributed by atoms with Gasteiger partial charge >= 0.3 is 0 Å². The smallest absolute Gasteiger partial charge is 0.138 e. The summed E-state index contributed by atoms with van der Waals surface area (Å²) in [4.78, 5) is 3.93. The topological polar surface area (TPSA) is 60.2 Å². The first kappa shape index (κ1) is 18.7. The van der Waals surface area contributed by atoms with Crippen molar-refractivity contribution in [1.29, 1.82) is 0 Å². The van der Waals surface area contributed by atoms with Crippen molar-refractivity contribution in [2.24, 2.45) is 5.92 Å². The van der Waals surface area contributed by atoms with Gasteiger partial charge in [-0.3, -0.25) is 0 Å². The van der Waals surface area contributed by atoms with Crippen LogP contribution in [0.1, 0.15) is 51.6 Å². The molecule has 4 rings (SSSR count). The molecule has 0 spiro atoms. The Hall–Kier alpha value is -1.59. The molecule has 0 saturated carbocycles. The summed E-state index contributed by atoms with van der Waals surface area (Å²) < 4.78 is 6.96. The van der Waals surface area contributed by atoms with Crippen LogP contribution in [0.25, 0.3) is 0 Å². The van der Waals surface area contributed by atoms with Crippen LogP contribution < -0.4 is 4.74 Å². The lowest BCUT2D eigenvalue weighted by molar-refractivity contribution is 0.0587. The highest BCUT2D eigenvalue weighted by molar-refractivity contribution is 6.32. The number of aromatic nitrogens is 3. The minimum absolute atomic E-state index is 0.0625. The normalized spacial score (nSPS) is 14.8.